The van der Waals surface area contributed by atoms with Gasteiger partial charge in [0, 0.05) is 17.9 Å². The van der Waals surface area contributed by atoms with E-state index in [0.29, 0.717) is 13.0 Å². The molecule has 43 heavy (non-hydrogen) atoms. The molecule has 5 rings (SSSR count). The van der Waals surface area contributed by atoms with Crippen molar-refractivity contribution in [2.24, 2.45) is 17.8 Å². The number of methoxy groups -OCH3 is 1. The molecule has 1 saturated heterocycles. The van der Waals surface area contributed by atoms with Gasteiger partial charge in [0.1, 0.15) is 0 Å². The largest absolute Gasteiger partial charge is 0.466 e. The van der Waals surface area contributed by atoms with Crippen LogP contribution in [-0.2, 0) is 28.2 Å². The van der Waals surface area contributed by atoms with Crippen LogP contribution >= 0.6 is 0 Å². The van der Waals surface area contributed by atoms with Crippen molar-refractivity contribution in [3.05, 3.63) is 84.5 Å². The molecule has 0 unspecified atom stereocenters. The quantitative estimate of drug-likeness (QED) is 0.158. The second-order valence-corrected chi connectivity index (χ2v) is 17.7. The van der Waals surface area contributed by atoms with Crippen molar-refractivity contribution in [2.75, 3.05) is 13.7 Å². The molecule has 2 aromatic carbocycles. The van der Waals surface area contributed by atoms with Crippen LogP contribution < -0.4 is 10.4 Å². The highest BCUT2D eigenvalue weighted by Gasteiger charge is 2.58. The van der Waals surface area contributed by atoms with E-state index in [4.69, 9.17) is 18.6 Å². The predicted molar refractivity (Wildman–Crippen MR) is 170 cm³/mol. The van der Waals surface area contributed by atoms with E-state index in [-0.39, 0.29) is 22.8 Å². The summed E-state index contributed by atoms with van der Waals surface area (Å²) >= 11 is 0. The Kier molecular flexibility index (Phi) is 9.45. The molecule has 4 atom stereocenters. The van der Waals surface area contributed by atoms with Gasteiger partial charge in [-0.25, -0.2) is 9.59 Å². The summed E-state index contributed by atoms with van der Waals surface area (Å²) in [7, 11) is -1.42. The molecule has 0 amide bonds. The third kappa shape index (κ3) is 6.17. The Morgan fingerprint density at radius 2 is 1.60 bits per heavy atom. The average molecular weight is 603 g/mol. The number of benzene rings is 2. The maximum atomic E-state index is 13.6. The second-order valence-electron chi connectivity index (χ2n) is 13.4. The predicted octanol–water partition coefficient (Wildman–Crippen LogP) is 6.09. The summed E-state index contributed by atoms with van der Waals surface area (Å²) < 4.78 is 24.7. The summed E-state index contributed by atoms with van der Waals surface area (Å²) in [4.78, 5) is 25.8. The summed E-state index contributed by atoms with van der Waals surface area (Å²) in [6.45, 7) is 9.34. The van der Waals surface area contributed by atoms with E-state index in [1.54, 1.807) is 6.08 Å². The van der Waals surface area contributed by atoms with Crippen LogP contribution in [0.3, 0.4) is 0 Å². The van der Waals surface area contributed by atoms with Crippen molar-refractivity contribution in [1.82, 2.24) is 0 Å². The van der Waals surface area contributed by atoms with Gasteiger partial charge in [0.2, 0.25) is 6.29 Å². The summed E-state index contributed by atoms with van der Waals surface area (Å²) in [6, 6.07) is 21.2. The van der Waals surface area contributed by atoms with E-state index < -0.39 is 32.1 Å². The zero-order valence-corrected chi connectivity index (χ0v) is 27.2. The molecular weight excluding hydrogens is 556 g/mol. The number of carbonyl (C=O) groups excluding carboxylic acids is 2. The molecule has 2 aromatic rings. The second kappa shape index (κ2) is 12.9. The summed E-state index contributed by atoms with van der Waals surface area (Å²) in [5.74, 6) is -1.07. The van der Waals surface area contributed by atoms with Gasteiger partial charge in [0.15, 0.2) is 5.60 Å². The SMILES string of the molecule is COC(=O)/C=C/[C@@H]1C=C(CO[Si](c2ccccc2)(c2ccccc2)C(C)(C)C)[C@H](C)C[C@]12O[C@@H](C1CCCCC1)OC2=O. The molecule has 6 nitrogen and oxygen atoms in total. The fourth-order valence-electron chi connectivity index (χ4n) is 7.29. The third-order valence-corrected chi connectivity index (χ3v) is 14.6. The van der Waals surface area contributed by atoms with Crippen LogP contribution in [0, 0.1) is 17.8 Å². The first kappa shape index (κ1) is 31.4. The lowest BCUT2D eigenvalue weighted by atomic mass is 9.72. The van der Waals surface area contributed by atoms with Crippen LogP contribution in [0.1, 0.15) is 66.2 Å². The molecule has 2 fully saturated rings. The van der Waals surface area contributed by atoms with Crippen LogP contribution in [0.4, 0.5) is 0 Å². The number of ether oxygens (including phenoxy) is 3. The lowest BCUT2D eigenvalue weighted by Gasteiger charge is -2.44. The third-order valence-electron chi connectivity index (χ3n) is 9.62. The van der Waals surface area contributed by atoms with E-state index in [2.05, 4.69) is 82.3 Å². The van der Waals surface area contributed by atoms with Gasteiger partial charge < -0.3 is 18.6 Å². The molecule has 1 aliphatic heterocycles. The highest BCUT2D eigenvalue weighted by atomic mass is 28.4. The first-order chi connectivity index (χ1) is 20.6. The smallest absolute Gasteiger partial charge is 0.341 e. The molecule has 230 valence electrons. The zero-order chi connectivity index (χ0) is 30.7. The van der Waals surface area contributed by atoms with Crippen molar-refractivity contribution < 1.29 is 28.2 Å². The molecule has 7 heteroatoms. The van der Waals surface area contributed by atoms with Gasteiger partial charge in [0.05, 0.1) is 13.7 Å². The monoisotopic (exact) mass is 602 g/mol. The van der Waals surface area contributed by atoms with Gasteiger partial charge in [-0.3, -0.25) is 0 Å². The van der Waals surface area contributed by atoms with Crippen molar-refractivity contribution >= 4 is 30.6 Å². The highest BCUT2D eigenvalue weighted by Crippen LogP contribution is 2.48. The Balaban J connectivity index is 1.51. The van der Waals surface area contributed by atoms with Gasteiger partial charge in [-0.15, -0.1) is 0 Å². The first-order valence-electron chi connectivity index (χ1n) is 15.7. The Morgan fingerprint density at radius 3 is 2.16 bits per heavy atom. The number of cyclic esters (lactones) is 1. The van der Waals surface area contributed by atoms with Crippen molar-refractivity contribution in [3.63, 3.8) is 0 Å². The highest BCUT2D eigenvalue weighted by molar-refractivity contribution is 6.99. The Labute approximate surface area is 257 Å². The zero-order valence-electron chi connectivity index (χ0n) is 26.2. The van der Waals surface area contributed by atoms with E-state index in [0.717, 1.165) is 31.3 Å². The number of carbonyl (C=O) groups is 2. The maximum Gasteiger partial charge on any atom is 0.341 e. The van der Waals surface area contributed by atoms with Crippen LogP contribution in [0.5, 0.6) is 0 Å². The van der Waals surface area contributed by atoms with E-state index in [1.807, 2.05) is 12.1 Å². The Hall–Kier alpha value is -3.00. The molecule has 1 spiro atoms. The standard InChI is InChI=1S/C36H46O6Si/c1-26-24-36(34(38)41-33(42-36)27-15-9-6-10-16-27)29(21-22-32(37)39-5)23-28(26)25-40-43(35(2,3)4,30-17-11-7-12-18-30)31-19-13-8-14-20-31/h7-8,11-14,17-23,26-27,29,33H,6,9-10,15-16,24-25H2,1-5H3/b22-21+/t26-,29-,33+,36+/m1/s1. The van der Waals surface area contributed by atoms with Crippen LogP contribution in [-0.4, -0.2) is 45.9 Å². The molecule has 1 saturated carbocycles. The fourth-order valence-corrected chi connectivity index (χ4v) is 11.8. The number of esters is 2. The van der Waals surface area contributed by atoms with Gasteiger partial charge in [-0.2, -0.15) is 0 Å². The minimum absolute atomic E-state index is 0.0126. The minimum Gasteiger partial charge on any atom is -0.466 e. The Bertz CT molecular complexity index is 1290. The molecule has 0 N–H and O–H groups in total. The number of hydrogen-bond donors (Lipinski definition) is 0. The molecule has 0 bridgehead atoms. The average Bonchev–Trinajstić information content (AvgIpc) is 3.34. The molecular formula is C36H46O6Si. The normalized spacial score (nSPS) is 26.9. The maximum absolute atomic E-state index is 13.6. The first-order valence-corrected chi connectivity index (χ1v) is 17.6. The number of hydrogen-bond acceptors (Lipinski definition) is 6. The molecule has 0 radical (unpaired) electrons. The lowest BCUT2D eigenvalue weighted by molar-refractivity contribution is -0.149. The van der Waals surface area contributed by atoms with Crippen LogP contribution in [0.15, 0.2) is 84.5 Å². The van der Waals surface area contributed by atoms with Gasteiger partial charge in [-0.05, 0) is 46.2 Å². The van der Waals surface area contributed by atoms with Crippen LogP contribution in [0.25, 0.3) is 0 Å². The van der Waals surface area contributed by atoms with Crippen LogP contribution in [0.2, 0.25) is 5.04 Å². The summed E-state index contributed by atoms with van der Waals surface area (Å²) in [5, 5.41) is 2.27. The van der Waals surface area contributed by atoms with Crippen molar-refractivity contribution in [3.8, 4) is 0 Å². The fraction of sp³-hybridized carbons (Fsp3) is 0.500. The topological polar surface area (TPSA) is 71.1 Å². The van der Waals surface area contributed by atoms with Gasteiger partial charge in [-0.1, -0.05) is 120 Å². The van der Waals surface area contributed by atoms with E-state index in [1.165, 1.54) is 30.0 Å². The van der Waals surface area contributed by atoms with Gasteiger partial charge in [0.25, 0.3) is 8.32 Å². The number of rotatable bonds is 8. The molecule has 2 aliphatic carbocycles. The molecule has 0 aromatic heterocycles. The van der Waals surface area contributed by atoms with Crippen molar-refractivity contribution in [1.29, 1.82) is 0 Å². The lowest BCUT2D eigenvalue weighted by Crippen LogP contribution is -2.66. The molecule has 1 heterocycles. The Morgan fingerprint density at radius 1 is 1.00 bits per heavy atom. The van der Waals surface area contributed by atoms with E-state index in [9.17, 15) is 9.59 Å². The van der Waals surface area contributed by atoms with Crippen molar-refractivity contribution in [2.45, 2.75) is 83.1 Å². The minimum atomic E-state index is -2.77. The summed E-state index contributed by atoms with van der Waals surface area (Å²) in [5.41, 5.74) is -0.0805. The molecule has 3 aliphatic rings. The van der Waals surface area contributed by atoms with E-state index >= 15 is 0 Å². The van der Waals surface area contributed by atoms with Gasteiger partial charge >= 0.3 is 11.9 Å². The summed E-state index contributed by atoms with van der Waals surface area (Å²) in [6.07, 6.45) is 10.6.